The summed E-state index contributed by atoms with van der Waals surface area (Å²) >= 11 is 1.67. The highest BCUT2D eigenvalue weighted by Crippen LogP contribution is 2.43. The number of hydrogen-bond donors (Lipinski definition) is 2. The van der Waals surface area contributed by atoms with Gasteiger partial charge in [-0.3, -0.25) is 4.79 Å². The molecule has 2 atom stereocenters. The van der Waals surface area contributed by atoms with Crippen molar-refractivity contribution in [2.75, 3.05) is 38.5 Å². The molecule has 1 aromatic carbocycles. The number of benzene rings is 1. The third-order valence-corrected chi connectivity index (χ3v) is 6.40. The predicted octanol–water partition coefficient (Wildman–Crippen LogP) is 2.17. The Hall–Kier alpha value is -1.11. The highest BCUT2D eigenvalue weighted by atomic mass is 32.2. The normalized spacial score (nSPS) is 26.3. The molecule has 3 rings (SSSR count). The average molecular weight is 351 g/mol. The summed E-state index contributed by atoms with van der Waals surface area (Å²) < 4.78 is 13.3. The van der Waals surface area contributed by atoms with E-state index in [1.807, 2.05) is 12.1 Å². The van der Waals surface area contributed by atoms with Gasteiger partial charge in [0, 0.05) is 32.1 Å². The van der Waals surface area contributed by atoms with Crippen molar-refractivity contribution >= 4 is 17.7 Å². The maximum atomic E-state index is 13.3. The molecule has 0 aromatic heterocycles. The largest absolute Gasteiger partial charge is 0.341 e. The molecule has 2 N–H and O–H groups in total. The van der Waals surface area contributed by atoms with Gasteiger partial charge in [0.25, 0.3) is 0 Å². The molecule has 1 amide bonds. The number of thioether (sulfide) groups is 1. The number of hydrogen-bond acceptors (Lipinski definition) is 4. The van der Waals surface area contributed by atoms with E-state index in [1.165, 1.54) is 12.1 Å². The first-order chi connectivity index (χ1) is 11.6. The Morgan fingerprint density at radius 3 is 2.62 bits per heavy atom. The average Bonchev–Trinajstić information content (AvgIpc) is 2.94. The third-order valence-electron chi connectivity index (χ3n) is 5.00. The highest BCUT2D eigenvalue weighted by molar-refractivity contribution is 8.01. The van der Waals surface area contributed by atoms with Crippen LogP contribution in [0.25, 0.3) is 0 Å². The summed E-state index contributed by atoms with van der Waals surface area (Å²) in [6.07, 6.45) is 2.06. The van der Waals surface area contributed by atoms with Crippen LogP contribution in [-0.2, 0) is 4.79 Å². The van der Waals surface area contributed by atoms with Crippen LogP contribution in [0.3, 0.4) is 0 Å². The molecule has 6 heteroatoms. The van der Waals surface area contributed by atoms with Gasteiger partial charge in [-0.15, -0.1) is 11.8 Å². The van der Waals surface area contributed by atoms with Gasteiger partial charge in [-0.05, 0) is 44.0 Å². The Morgan fingerprint density at radius 1 is 1.29 bits per heavy atom. The van der Waals surface area contributed by atoms with Crippen molar-refractivity contribution in [1.82, 2.24) is 15.5 Å². The van der Waals surface area contributed by atoms with Crippen molar-refractivity contribution in [1.29, 1.82) is 0 Å². The molecule has 2 unspecified atom stereocenters. The van der Waals surface area contributed by atoms with E-state index in [1.54, 1.807) is 11.8 Å². The number of halogens is 1. The molecular formula is C18H26FN3OS. The van der Waals surface area contributed by atoms with Gasteiger partial charge >= 0.3 is 0 Å². The molecule has 4 nitrogen and oxygen atoms in total. The lowest BCUT2D eigenvalue weighted by Crippen LogP contribution is -2.44. The van der Waals surface area contributed by atoms with E-state index < -0.39 is 0 Å². The minimum atomic E-state index is -0.307. The number of piperazine rings is 1. The van der Waals surface area contributed by atoms with Crippen LogP contribution in [-0.4, -0.2) is 54.2 Å². The molecule has 0 radical (unpaired) electrons. The molecule has 0 spiro atoms. The first kappa shape index (κ1) is 17.7. The van der Waals surface area contributed by atoms with Gasteiger partial charge in [0.05, 0.1) is 10.6 Å². The number of carbonyl (C=O) groups excluding carboxylic acids is 1. The summed E-state index contributed by atoms with van der Waals surface area (Å²) in [6.45, 7) is 7.50. The van der Waals surface area contributed by atoms with Crippen molar-refractivity contribution in [3.8, 4) is 0 Å². The molecule has 1 aromatic rings. The Morgan fingerprint density at radius 2 is 2.00 bits per heavy atom. The molecule has 2 aliphatic rings. The summed E-state index contributed by atoms with van der Waals surface area (Å²) in [5, 5.41) is 6.51. The maximum absolute atomic E-state index is 13.3. The molecule has 0 aliphatic carbocycles. The number of carbonyl (C=O) groups is 1. The van der Waals surface area contributed by atoms with E-state index in [4.69, 9.17) is 0 Å². The smallest absolute Gasteiger partial charge is 0.231 e. The minimum absolute atomic E-state index is 0.0942. The van der Waals surface area contributed by atoms with Crippen molar-refractivity contribution in [3.05, 3.63) is 35.6 Å². The summed E-state index contributed by atoms with van der Waals surface area (Å²) in [4.78, 5) is 13.9. The number of nitrogens with one attached hydrogen (secondary N) is 2. The van der Waals surface area contributed by atoms with Crippen LogP contribution in [0.2, 0.25) is 0 Å². The first-order valence-corrected chi connectivity index (χ1v) is 9.69. The van der Waals surface area contributed by atoms with Crippen LogP contribution in [0.15, 0.2) is 24.3 Å². The van der Waals surface area contributed by atoms with E-state index in [9.17, 15) is 9.18 Å². The monoisotopic (exact) mass is 351 g/mol. The lowest BCUT2D eigenvalue weighted by atomic mass is 9.87. The van der Waals surface area contributed by atoms with Gasteiger partial charge in [0.1, 0.15) is 5.82 Å². The second kappa shape index (κ2) is 7.85. The fraction of sp³-hybridized carbons (Fsp3) is 0.611. The van der Waals surface area contributed by atoms with Gasteiger partial charge in [-0.2, -0.15) is 0 Å². The van der Waals surface area contributed by atoms with Gasteiger partial charge in [-0.25, -0.2) is 4.39 Å². The first-order valence-electron chi connectivity index (χ1n) is 8.70. The summed E-state index contributed by atoms with van der Waals surface area (Å²) in [7, 11) is 0. The van der Waals surface area contributed by atoms with Crippen molar-refractivity contribution in [3.63, 3.8) is 0 Å². The van der Waals surface area contributed by atoms with E-state index in [0.29, 0.717) is 5.75 Å². The van der Waals surface area contributed by atoms with Crippen LogP contribution >= 0.6 is 11.8 Å². The minimum Gasteiger partial charge on any atom is -0.341 e. The molecule has 2 saturated heterocycles. The number of rotatable bonds is 6. The van der Waals surface area contributed by atoms with E-state index >= 15 is 0 Å². The Kier molecular flexibility index (Phi) is 5.79. The van der Waals surface area contributed by atoms with E-state index in [0.717, 1.165) is 51.1 Å². The van der Waals surface area contributed by atoms with Crippen LogP contribution in [0.1, 0.15) is 31.2 Å². The second-order valence-corrected chi connectivity index (χ2v) is 8.21. The molecule has 2 heterocycles. The van der Waals surface area contributed by atoms with Crippen LogP contribution in [0.4, 0.5) is 4.39 Å². The SMILES string of the molecule is CC1(C(CCCN2CCNCC2)c2ccc(F)cc2)NC(=O)CS1. The molecule has 132 valence electrons. The third kappa shape index (κ3) is 4.29. The fourth-order valence-electron chi connectivity index (χ4n) is 3.66. The van der Waals surface area contributed by atoms with Crippen molar-refractivity contribution < 1.29 is 9.18 Å². The Bertz CT molecular complexity index is 562. The van der Waals surface area contributed by atoms with Crippen LogP contribution < -0.4 is 10.6 Å². The van der Waals surface area contributed by atoms with Gasteiger partial charge in [0.2, 0.25) is 5.91 Å². The lowest BCUT2D eigenvalue weighted by molar-refractivity contribution is -0.118. The summed E-state index contributed by atoms with van der Waals surface area (Å²) in [5.74, 6) is 0.576. The zero-order valence-electron chi connectivity index (χ0n) is 14.2. The van der Waals surface area contributed by atoms with Gasteiger partial charge in [-0.1, -0.05) is 12.1 Å². The van der Waals surface area contributed by atoms with Gasteiger partial charge in [0.15, 0.2) is 0 Å². The van der Waals surface area contributed by atoms with Gasteiger partial charge < -0.3 is 15.5 Å². The highest BCUT2D eigenvalue weighted by Gasteiger charge is 2.41. The van der Waals surface area contributed by atoms with Crippen molar-refractivity contribution in [2.45, 2.75) is 30.6 Å². The molecule has 2 aliphatic heterocycles. The molecule has 2 fully saturated rings. The zero-order chi connectivity index (χ0) is 17.0. The fourth-order valence-corrected chi connectivity index (χ4v) is 4.81. The molecule has 0 bridgehead atoms. The molecule has 24 heavy (non-hydrogen) atoms. The van der Waals surface area contributed by atoms with Crippen LogP contribution in [0, 0.1) is 5.82 Å². The maximum Gasteiger partial charge on any atom is 0.231 e. The summed E-state index contributed by atoms with van der Waals surface area (Å²) in [6, 6.07) is 6.76. The van der Waals surface area contributed by atoms with E-state index in [-0.39, 0.29) is 22.5 Å². The standard InChI is InChI=1S/C18H26FN3OS/c1-18(21-17(23)13-24-18)16(14-4-6-15(19)7-5-14)3-2-10-22-11-8-20-9-12-22/h4-7,16,20H,2-3,8-13H2,1H3,(H,21,23). The number of nitrogens with zero attached hydrogens (tertiary/aromatic N) is 1. The zero-order valence-corrected chi connectivity index (χ0v) is 15.0. The Balaban J connectivity index is 1.67. The van der Waals surface area contributed by atoms with Crippen LogP contribution in [0.5, 0.6) is 0 Å². The van der Waals surface area contributed by atoms with Crippen molar-refractivity contribution in [2.24, 2.45) is 0 Å². The molecule has 0 saturated carbocycles. The summed E-state index contributed by atoms with van der Waals surface area (Å²) in [5.41, 5.74) is 1.11. The molecular weight excluding hydrogens is 325 g/mol. The topological polar surface area (TPSA) is 44.4 Å². The van der Waals surface area contributed by atoms with E-state index in [2.05, 4.69) is 22.5 Å². The quantitative estimate of drug-likeness (QED) is 0.825. The number of amides is 1. The Labute approximate surface area is 147 Å². The predicted molar refractivity (Wildman–Crippen MR) is 96.7 cm³/mol. The second-order valence-electron chi connectivity index (χ2n) is 6.78. The lowest BCUT2D eigenvalue weighted by Gasteiger charge is -2.35.